The van der Waals surface area contributed by atoms with Crippen molar-refractivity contribution in [2.24, 2.45) is 0 Å². The molecule has 2 aromatic rings. The highest BCUT2D eigenvalue weighted by Crippen LogP contribution is 2.31. The van der Waals surface area contributed by atoms with Gasteiger partial charge in [0.1, 0.15) is 5.75 Å². The van der Waals surface area contributed by atoms with Crippen molar-refractivity contribution in [3.8, 4) is 17.0 Å². The molecule has 0 amide bonds. The maximum Gasteiger partial charge on any atom is 0.180 e. The standard InChI is InChI=1S/C9H7ClN2OS/c10-7-3-5(13)1-2-6(7)8-4-14-9(11)12-8/h1-4,13H,(H2,11,12). The van der Waals surface area contributed by atoms with Gasteiger partial charge in [0.25, 0.3) is 0 Å². The number of anilines is 1. The summed E-state index contributed by atoms with van der Waals surface area (Å²) in [6.07, 6.45) is 0. The van der Waals surface area contributed by atoms with E-state index in [9.17, 15) is 0 Å². The number of phenolic OH excluding ortho intramolecular Hbond substituents is 1. The van der Waals surface area contributed by atoms with Gasteiger partial charge in [0.05, 0.1) is 10.7 Å². The van der Waals surface area contributed by atoms with E-state index in [1.807, 2.05) is 5.38 Å². The number of halogens is 1. The van der Waals surface area contributed by atoms with Crippen LogP contribution in [-0.4, -0.2) is 10.1 Å². The number of rotatable bonds is 1. The van der Waals surface area contributed by atoms with Crippen molar-refractivity contribution >= 4 is 28.1 Å². The minimum atomic E-state index is 0.141. The second-order valence-corrected chi connectivity index (χ2v) is 4.03. The first-order valence-electron chi connectivity index (χ1n) is 3.87. The molecular weight excluding hydrogens is 220 g/mol. The number of phenols is 1. The molecule has 3 nitrogen and oxygen atoms in total. The Balaban J connectivity index is 2.52. The third-order valence-corrected chi connectivity index (χ3v) is 2.74. The van der Waals surface area contributed by atoms with Gasteiger partial charge in [-0.25, -0.2) is 4.98 Å². The molecule has 0 saturated carbocycles. The number of hydrogen-bond acceptors (Lipinski definition) is 4. The van der Waals surface area contributed by atoms with Crippen molar-refractivity contribution in [1.82, 2.24) is 4.98 Å². The molecule has 0 radical (unpaired) electrons. The lowest BCUT2D eigenvalue weighted by atomic mass is 10.2. The molecule has 0 aliphatic rings. The highest BCUT2D eigenvalue weighted by Gasteiger charge is 2.07. The Hall–Kier alpha value is -1.26. The van der Waals surface area contributed by atoms with E-state index in [2.05, 4.69) is 4.98 Å². The summed E-state index contributed by atoms with van der Waals surface area (Å²) in [4.78, 5) is 4.10. The first kappa shape index (κ1) is 9.30. The van der Waals surface area contributed by atoms with E-state index in [-0.39, 0.29) is 5.75 Å². The van der Waals surface area contributed by atoms with E-state index in [4.69, 9.17) is 22.4 Å². The second kappa shape index (κ2) is 3.48. The SMILES string of the molecule is Nc1nc(-c2ccc(O)cc2Cl)cs1. The van der Waals surface area contributed by atoms with Crippen LogP contribution in [0.1, 0.15) is 0 Å². The molecule has 0 fully saturated rings. The Morgan fingerprint density at radius 3 is 2.79 bits per heavy atom. The molecular formula is C9H7ClN2OS. The Morgan fingerprint density at radius 1 is 1.43 bits per heavy atom. The molecule has 0 spiro atoms. The lowest BCUT2D eigenvalue weighted by molar-refractivity contribution is 0.475. The monoisotopic (exact) mass is 226 g/mol. The van der Waals surface area contributed by atoms with E-state index in [1.165, 1.54) is 17.4 Å². The summed E-state index contributed by atoms with van der Waals surface area (Å²) in [6, 6.07) is 4.76. The molecule has 0 bridgehead atoms. The fourth-order valence-corrected chi connectivity index (χ4v) is 1.96. The summed E-state index contributed by atoms with van der Waals surface area (Å²) in [5, 5.41) is 12.0. The molecule has 0 unspecified atom stereocenters. The third-order valence-electron chi connectivity index (χ3n) is 1.75. The summed E-state index contributed by atoms with van der Waals surface area (Å²) >= 11 is 7.29. The van der Waals surface area contributed by atoms with Crippen LogP contribution in [-0.2, 0) is 0 Å². The largest absolute Gasteiger partial charge is 0.508 e. The maximum absolute atomic E-state index is 9.16. The molecule has 5 heteroatoms. The first-order valence-corrected chi connectivity index (χ1v) is 5.12. The maximum atomic E-state index is 9.16. The Labute approximate surface area is 89.8 Å². The zero-order valence-electron chi connectivity index (χ0n) is 7.07. The third kappa shape index (κ3) is 1.66. The van der Waals surface area contributed by atoms with Crippen LogP contribution in [0.15, 0.2) is 23.6 Å². The van der Waals surface area contributed by atoms with Crippen LogP contribution in [0.25, 0.3) is 11.3 Å². The number of aromatic hydroxyl groups is 1. The molecule has 1 aromatic carbocycles. The van der Waals surface area contributed by atoms with Gasteiger partial charge in [-0.1, -0.05) is 11.6 Å². The minimum absolute atomic E-state index is 0.141. The molecule has 0 saturated heterocycles. The van der Waals surface area contributed by atoms with Crippen molar-refractivity contribution in [2.75, 3.05) is 5.73 Å². The minimum Gasteiger partial charge on any atom is -0.508 e. The van der Waals surface area contributed by atoms with Gasteiger partial charge in [0.2, 0.25) is 0 Å². The highest BCUT2D eigenvalue weighted by atomic mass is 35.5. The number of nitrogens with zero attached hydrogens (tertiary/aromatic N) is 1. The summed E-state index contributed by atoms with van der Waals surface area (Å²) in [5.41, 5.74) is 7.02. The molecule has 2 rings (SSSR count). The Bertz CT molecular complexity index is 470. The normalized spacial score (nSPS) is 10.4. The number of hydrogen-bond donors (Lipinski definition) is 2. The number of nitrogen functional groups attached to an aromatic ring is 1. The van der Waals surface area contributed by atoms with Gasteiger partial charge in [0.15, 0.2) is 5.13 Å². The fraction of sp³-hybridized carbons (Fsp3) is 0. The summed E-state index contributed by atoms with van der Waals surface area (Å²) in [6.45, 7) is 0. The van der Waals surface area contributed by atoms with Crippen LogP contribution in [0.4, 0.5) is 5.13 Å². The quantitative estimate of drug-likeness (QED) is 0.786. The van der Waals surface area contributed by atoms with E-state index < -0.39 is 0 Å². The van der Waals surface area contributed by atoms with Gasteiger partial charge in [0, 0.05) is 10.9 Å². The molecule has 1 aromatic heterocycles. The summed E-state index contributed by atoms with van der Waals surface area (Å²) < 4.78 is 0. The average Bonchev–Trinajstić information content (AvgIpc) is 2.51. The van der Waals surface area contributed by atoms with Crippen molar-refractivity contribution in [1.29, 1.82) is 0 Å². The van der Waals surface area contributed by atoms with Crippen LogP contribution in [0.5, 0.6) is 5.75 Å². The van der Waals surface area contributed by atoms with Gasteiger partial charge in [-0.3, -0.25) is 0 Å². The van der Waals surface area contributed by atoms with Crippen molar-refractivity contribution in [3.63, 3.8) is 0 Å². The zero-order chi connectivity index (χ0) is 10.1. The van der Waals surface area contributed by atoms with Gasteiger partial charge in [-0.15, -0.1) is 11.3 Å². The fourth-order valence-electron chi connectivity index (χ4n) is 1.12. The van der Waals surface area contributed by atoms with Crippen LogP contribution in [0, 0.1) is 0 Å². The average molecular weight is 227 g/mol. The van der Waals surface area contributed by atoms with E-state index in [0.717, 1.165) is 11.3 Å². The van der Waals surface area contributed by atoms with Gasteiger partial charge < -0.3 is 10.8 Å². The molecule has 0 atom stereocenters. The lowest BCUT2D eigenvalue weighted by Gasteiger charge is -2.00. The molecule has 72 valence electrons. The topological polar surface area (TPSA) is 59.1 Å². The van der Waals surface area contributed by atoms with Crippen LogP contribution in [0.3, 0.4) is 0 Å². The zero-order valence-corrected chi connectivity index (χ0v) is 8.64. The molecule has 1 heterocycles. The second-order valence-electron chi connectivity index (χ2n) is 2.74. The van der Waals surface area contributed by atoms with Crippen LogP contribution < -0.4 is 5.73 Å². The van der Waals surface area contributed by atoms with Gasteiger partial charge >= 0.3 is 0 Å². The number of aromatic nitrogens is 1. The predicted molar refractivity (Wildman–Crippen MR) is 58.6 cm³/mol. The first-order chi connectivity index (χ1) is 6.66. The lowest BCUT2D eigenvalue weighted by Crippen LogP contribution is -1.83. The van der Waals surface area contributed by atoms with Crippen molar-refractivity contribution < 1.29 is 5.11 Å². The Kier molecular flexibility index (Phi) is 2.31. The predicted octanol–water partition coefficient (Wildman–Crippen LogP) is 2.75. The smallest absolute Gasteiger partial charge is 0.180 e. The number of benzene rings is 1. The molecule has 0 aliphatic heterocycles. The summed E-state index contributed by atoms with van der Waals surface area (Å²) in [7, 11) is 0. The van der Waals surface area contributed by atoms with Gasteiger partial charge in [-0.05, 0) is 18.2 Å². The Morgan fingerprint density at radius 2 is 2.21 bits per heavy atom. The van der Waals surface area contributed by atoms with Crippen LogP contribution in [0.2, 0.25) is 5.02 Å². The van der Waals surface area contributed by atoms with E-state index >= 15 is 0 Å². The summed E-state index contributed by atoms with van der Waals surface area (Å²) in [5.74, 6) is 0.141. The number of thiazole rings is 1. The highest BCUT2D eigenvalue weighted by molar-refractivity contribution is 7.13. The molecule has 3 N–H and O–H groups in total. The van der Waals surface area contributed by atoms with Crippen molar-refractivity contribution in [3.05, 3.63) is 28.6 Å². The molecule has 0 aliphatic carbocycles. The number of nitrogens with two attached hydrogens (primary N) is 1. The van der Waals surface area contributed by atoms with Crippen molar-refractivity contribution in [2.45, 2.75) is 0 Å². The van der Waals surface area contributed by atoms with Gasteiger partial charge in [-0.2, -0.15) is 0 Å². The van der Waals surface area contributed by atoms with E-state index in [0.29, 0.717) is 10.2 Å². The van der Waals surface area contributed by atoms with E-state index in [1.54, 1.807) is 12.1 Å². The molecule has 14 heavy (non-hydrogen) atoms. The van der Waals surface area contributed by atoms with Crippen LogP contribution >= 0.6 is 22.9 Å².